The summed E-state index contributed by atoms with van der Waals surface area (Å²) in [6.45, 7) is -1.48. The molecule has 0 aromatic heterocycles. The second kappa shape index (κ2) is 7.42. The molecule has 0 atom stereocenters. The maximum atomic E-state index is 14.3. The molecule has 0 aliphatic carbocycles. The van der Waals surface area contributed by atoms with Crippen molar-refractivity contribution in [2.45, 2.75) is 23.9 Å². The first kappa shape index (κ1) is 20.1. The predicted octanol–water partition coefficient (Wildman–Crippen LogP) is 3.26. The van der Waals surface area contributed by atoms with E-state index in [0.29, 0.717) is 18.4 Å². The smallest absolute Gasteiger partial charge is 0.343 e. The first-order chi connectivity index (χ1) is 13.1. The lowest BCUT2D eigenvalue weighted by atomic mass is 10.0. The lowest BCUT2D eigenvalue weighted by molar-refractivity contribution is -0.123. The highest BCUT2D eigenvalue weighted by molar-refractivity contribution is 7.92. The van der Waals surface area contributed by atoms with Crippen molar-refractivity contribution in [2.24, 2.45) is 0 Å². The fraction of sp³-hybridized carbons (Fsp3) is 0.278. The van der Waals surface area contributed by atoms with Crippen LogP contribution < -0.4 is 9.62 Å². The van der Waals surface area contributed by atoms with Gasteiger partial charge in [0.25, 0.3) is 15.9 Å². The summed E-state index contributed by atoms with van der Waals surface area (Å²) in [5, 5.41) is 1.69. The van der Waals surface area contributed by atoms with Crippen molar-refractivity contribution in [1.29, 1.82) is 0 Å². The Kier molecular flexibility index (Phi) is 5.33. The van der Waals surface area contributed by atoms with E-state index in [4.69, 9.17) is 0 Å². The Morgan fingerprint density at radius 1 is 1.14 bits per heavy atom. The number of carbonyl (C=O) groups excluding carboxylic acids is 1. The number of hydrogen-bond acceptors (Lipinski definition) is 3. The lowest BCUT2D eigenvalue weighted by Gasteiger charge is -2.30. The molecule has 1 aliphatic heterocycles. The molecule has 0 saturated carbocycles. The van der Waals surface area contributed by atoms with Gasteiger partial charge in [0.15, 0.2) is 0 Å². The summed E-state index contributed by atoms with van der Waals surface area (Å²) < 4.78 is 78.1. The molecule has 0 saturated heterocycles. The van der Waals surface area contributed by atoms with Gasteiger partial charge in [0, 0.05) is 12.1 Å². The largest absolute Gasteiger partial charge is 0.405 e. The molecule has 1 N–H and O–H groups in total. The van der Waals surface area contributed by atoms with Gasteiger partial charge in [-0.05, 0) is 42.7 Å². The zero-order chi connectivity index (χ0) is 20.5. The number of alkyl halides is 3. The molecule has 0 spiro atoms. The van der Waals surface area contributed by atoms with Crippen LogP contribution in [0.1, 0.15) is 22.3 Å². The van der Waals surface area contributed by atoms with Gasteiger partial charge < -0.3 is 5.32 Å². The van der Waals surface area contributed by atoms with Gasteiger partial charge in [-0.1, -0.05) is 18.2 Å². The Bertz CT molecular complexity index is 1010. The number of para-hydroxylation sites is 1. The van der Waals surface area contributed by atoms with Crippen molar-refractivity contribution < 1.29 is 30.8 Å². The molecule has 0 bridgehead atoms. The molecule has 2 aromatic rings. The SMILES string of the molecule is O=C(NCC(F)(F)F)c1cccc(S(=O)(=O)N2CCCc3cccc(F)c32)c1. The minimum absolute atomic E-state index is 0.0410. The lowest BCUT2D eigenvalue weighted by Crippen LogP contribution is -2.36. The van der Waals surface area contributed by atoms with Crippen molar-refractivity contribution in [3.63, 3.8) is 0 Å². The number of carbonyl (C=O) groups is 1. The van der Waals surface area contributed by atoms with Gasteiger partial charge in [-0.2, -0.15) is 13.2 Å². The number of amides is 1. The summed E-state index contributed by atoms with van der Waals surface area (Å²) >= 11 is 0. The van der Waals surface area contributed by atoms with E-state index in [-0.39, 0.29) is 22.7 Å². The summed E-state index contributed by atoms with van der Waals surface area (Å²) in [6, 6.07) is 8.95. The van der Waals surface area contributed by atoms with E-state index in [1.165, 1.54) is 24.3 Å². The quantitative estimate of drug-likeness (QED) is 0.779. The number of sulfonamides is 1. The predicted molar refractivity (Wildman–Crippen MR) is 94.1 cm³/mol. The van der Waals surface area contributed by atoms with E-state index in [1.54, 1.807) is 11.4 Å². The Labute approximate surface area is 159 Å². The Morgan fingerprint density at radius 2 is 1.86 bits per heavy atom. The van der Waals surface area contributed by atoms with Gasteiger partial charge in [-0.25, -0.2) is 12.8 Å². The van der Waals surface area contributed by atoms with Crippen LogP contribution in [0.25, 0.3) is 0 Å². The van der Waals surface area contributed by atoms with Gasteiger partial charge in [-0.3, -0.25) is 9.10 Å². The average Bonchev–Trinajstić information content (AvgIpc) is 2.65. The molecule has 5 nitrogen and oxygen atoms in total. The number of hydrogen-bond donors (Lipinski definition) is 1. The fourth-order valence-electron chi connectivity index (χ4n) is 3.01. The Hall–Kier alpha value is -2.62. The first-order valence-electron chi connectivity index (χ1n) is 8.35. The van der Waals surface area contributed by atoms with Crippen LogP contribution >= 0.6 is 0 Å². The van der Waals surface area contributed by atoms with Crippen LogP contribution in [0, 0.1) is 5.82 Å². The van der Waals surface area contributed by atoms with Crippen LogP contribution in [0.5, 0.6) is 0 Å². The average molecular weight is 416 g/mol. The Balaban J connectivity index is 1.93. The normalized spacial score (nSPS) is 14.5. The molecule has 10 heteroatoms. The molecule has 150 valence electrons. The number of halogens is 4. The van der Waals surface area contributed by atoms with E-state index in [2.05, 4.69) is 0 Å². The van der Waals surface area contributed by atoms with Crippen LogP contribution in [-0.2, 0) is 16.4 Å². The van der Waals surface area contributed by atoms with Gasteiger partial charge in [0.2, 0.25) is 0 Å². The molecule has 1 amide bonds. The van der Waals surface area contributed by atoms with E-state index < -0.39 is 34.5 Å². The second-order valence-corrected chi connectivity index (χ2v) is 8.12. The number of rotatable bonds is 4. The minimum atomic E-state index is -4.59. The minimum Gasteiger partial charge on any atom is -0.343 e. The number of benzene rings is 2. The highest BCUT2D eigenvalue weighted by Gasteiger charge is 2.32. The topological polar surface area (TPSA) is 66.5 Å². The van der Waals surface area contributed by atoms with Crippen molar-refractivity contribution in [3.05, 3.63) is 59.4 Å². The molecule has 3 rings (SSSR count). The summed E-state index contributed by atoms with van der Waals surface area (Å²) in [4.78, 5) is 11.6. The van der Waals surface area contributed by atoms with E-state index in [1.807, 2.05) is 0 Å². The number of fused-ring (bicyclic) bond motifs is 1. The van der Waals surface area contributed by atoms with Gasteiger partial charge in [0.1, 0.15) is 12.4 Å². The third-order valence-corrected chi connectivity index (χ3v) is 6.06. The molecule has 0 fully saturated rings. The maximum absolute atomic E-state index is 14.3. The van der Waals surface area contributed by atoms with Crippen LogP contribution in [0.15, 0.2) is 47.4 Å². The van der Waals surface area contributed by atoms with Gasteiger partial charge in [0.05, 0.1) is 10.6 Å². The first-order valence-corrected chi connectivity index (χ1v) is 9.79. The zero-order valence-electron chi connectivity index (χ0n) is 14.5. The number of nitrogens with zero attached hydrogens (tertiary/aromatic N) is 1. The van der Waals surface area contributed by atoms with Crippen molar-refractivity contribution in [3.8, 4) is 0 Å². The van der Waals surface area contributed by atoms with Crippen LogP contribution in [0.3, 0.4) is 0 Å². The summed E-state index contributed by atoms with van der Waals surface area (Å²) in [5.41, 5.74) is 0.269. The van der Waals surface area contributed by atoms with E-state index in [0.717, 1.165) is 16.4 Å². The number of aryl methyl sites for hydroxylation is 1. The number of anilines is 1. The Morgan fingerprint density at radius 3 is 2.57 bits per heavy atom. The van der Waals surface area contributed by atoms with Crippen molar-refractivity contribution in [2.75, 3.05) is 17.4 Å². The van der Waals surface area contributed by atoms with Crippen LogP contribution in [-0.4, -0.2) is 33.6 Å². The molecular weight excluding hydrogens is 400 g/mol. The molecule has 0 radical (unpaired) electrons. The molecular formula is C18H16F4N2O3S. The van der Waals surface area contributed by atoms with Crippen molar-refractivity contribution >= 4 is 21.6 Å². The monoisotopic (exact) mass is 416 g/mol. The van der Waals surface area contributed by atoms with Crippen LogP contribution in [0.2, 0.25) is 0 Å². The van der Waals surface area contributed by atoms with E-state index >= 15 is 0 Å². The summed E-state index contributed by atoms with van der Waals surface area (Å²) in [7, 11) is -4.21. The zero-order valence-corrected chi connectivity index (χ0v) is 15.3. The maximum Gasteiger partial charge on any atom is 0.405 e. The summed E-state index contributed by atoms with van der Waals surface area (Å²) in [6.07, 6.45) is -3.57. The highest BCUT2D eigenvalue weighted by atomic mass is 32.2. The van der Waals surface area contributed by atoms with Crippen molar-refractivity contribution in [1.82, 2.24) is 5.32 Å². The molecule has 1 heterocycles. The standard InChI is InChI=1S/C18H16F4N2O3S/c19-15-8-2-4-12-6-3-9-24(16(12)15)28(26,27)14-7-1-5-13(10-14)17(25)23-11-18(20,21)22/h1-2,4-5,7-8,10H,3,6,9,11H2,(H,23,25). The van der Waals surface area contributed by atoms with Gasteiger partial charge >= 0.3 is 6.18 Å². The third-order valence-electron chi connectivity index (χ3n) is 4.26. The van der Waals surface area contributed by atoms with E-state index in [9.17, 15) is 30.8 Å². The number of nitrogens with one attached hydrogen (secondary N) is 1. The third kappa shape index (κ3) is 4.11. The fourth-order valence-corrected chi connectivity index (χ4v) is 4.61. The second-order valence-electron chi connectivity index (χ2n) is 6.25. The summed E-state index contributed by atoms with van der Waals surface area (Å²) in [5.74, 6) is -1.74. The van der Waals surface area contributed by atoms with Gasteiger partial charge in [-0.15, -0.1) is 0 Å². The molecule has 1 aliphatic rings. The molecule has 0 unspecified atom stereocenters. The molecule has 28 heavy (non-hydrogen) atoms. The molecule has 2 aromatic carbocycles. The van der Waals surface area contributed by atoms with Crippen LogP contribution in [0.4, 0.5) is 23.2 Å². The highest BCUT2D eigenvalue weighted by Crippen LogP contribution is 2.34.